The van der Waals surface area contributed by atoms with E-state index in [4.69, 9.17) is 0 Å². The van der Waals surface area contributed by atoms with E-state index in [9.17, 15) is 4.57 Å². The molecule has 1 rings (SSSR count). The van der Waals surface area contributed by atoms with Crippen LogP contribution in [-0.2, 0) is 4.57 Å². The van der Waals surface area contributed by atoms with Crippen molar-refractivity contribution in [3.8, 4) is 5.63 Å². The van der Waals surface area contributed by atoms with Gasteiger partial charge in [-0.2, -0.15) is 0 Å². The Bertz CT molecular complexity index is 345. The van der Waals surface area contributed by atoms with Gasteiger partial charge in [-0.05, 0) is 0 Å². The molecule has 1 aromatic carbocycles. The summed E-state index contributed by atoms with van der Waals surface area (Å²) in [7, 11) is -0.0754. The summed E-state index contributed by atoms with van der Waals surface area (Å²) in [5.74, 6) is 0. The second kappa shape index (κ2) is 3.98. The molecule has 0 aliphatic carbocycles. The fraction of sp³-hybridized carbons (Fsp3) is 0. The fourth-order valence-electron chi connectivity index (χ4n) is 0.746. The van der Waals surface area contributed by atoms with Crippen LogP contribution in [0.1, 0.15) is 11.1 Å². The van der Waals surface area contributed by atoms with Crippen LogP contribution in [-0.4, -0.2) is 0 Å². The summed E-state index contributed by atoms with van der Waals surface area (Å²) < 4.78 is 10.1. The Labute approximate surface area is 66.9 Å². The SMILES string of the molecule is C=Cc1ccc(C#P=O)cc1. The van der Waals surface area contributed by atoms with Crippen molar-refractivity contribution in [3.63, 3.8) is 0 Å². The minimum atomic E-state index is -0.0754. The fourth-order valence-corrected chi connectivity index (χ4v) is 1.00. The van der Waals surface area contributed by atoms with Crippen LogP contribution >= 0.6 is 7.92 Å². The van der Waals surface area contributed by atoms with Crippen LogP contribution in [0.25, 0.3) is 6.08 Å². The molecule has 0 heterocycles. The number of hydrogen-bond acceptors (Lipinski definition) is 1. The predicted octanol–water partition coefficient (Wildman–Crippen LogP) is 2.93. The minimum absolute atomic E-state index is 0.0754. The van der Waals surface area contributed by atoms with Gasteiger partial charge in [-0.25, -0.2) is 0 Å². The van der Waals surface area contributed by atoms with E-state index >= 15 is 0 Å². The Kier molecular flexibility index (Phi) is 2.92. The van der Waals surface area contributed by atoms with Gasteiger partial charge in [0.25, 0.3) is 0 Å². The molecule has 0 fully saturated rings. The molecule has 1 nitrogen and oxygen atoms in total. The van der Waals surface area contributed by atoms with Gasteiger partial charge in [-0.3, -0.25) is 0 Å². The molecule has 0 bridgehead atoms. The molecule has 0 saturated heterocycles. The first kappa shape index (κ1) is 8.07. The van der Waals surface area contributed by atoms with Crippen LogP contribution in [0.2, 0.25) is 0 Å². The molecule has 0 aliphatic rings. The summed E-state index contributed by atoms with van der Waals surface area (Å²) >= 11 is 0. The van der Waals surface area contributed by atoms with Crippen molar-refractivity contribution in [2.45, 2.75) is 0 Å². The molecular formula is C9H7OP. The van der Waals surface area contributed by atoms with Crippen LogP contribution < -0.4 is 0 Å². The van der Waals surface area contributed by atoms with Crippen LogP contribution in [0.3, 0.4) is 0 Å². The Balaban J connectivity index is 3.06. The molecule has 0 amide bonds. The van der Waals surface area contributed by atoms with E-state index < -0.39 is 0 Å². The first-order valence-corrected chi connectivity index (χ1v) is 3.99. The number of hydrogen-bond donors (Lipinski definition) is 0. The molecule has 2 heteroatoms. The summed E-state index contributed by atoms with van der Waals surface area (Å²) in [6, 6.07) is 7.50. The molecule has 0 aliphatic heterocycles. The average Bonchev–Trinajstić information content (AvgIpc) is 2.07. The van der Waals surface area contributed by atoms with Gasteiger partial charge in [0.1, 0.15) is 0 Å². The normalized spacial score (nSPS) is 8.36. The van der Waals surface area contributed by atoms with Gasteiger partial charge in [0.15, 0.2) is 0 Å². The zero-order valence-corrected chi connectivity index (χ0v) is 6.84. The summed E-state index contributed by atoms with van der Waals surface area (Å²) in [5, 5.41) is 0. The molecular weight excluding hydrogens is 155 g/mol. The summed E-state index contributed by atoms with van der Waals surface area (Å²) in [4.78, 5) is 0. The summed E-state index contributed by atoms with van der Waals surface area (Å²) in [6.07, 6.45) is 1.76. The van der Waals surface area contributed by atoms with Crippen molar-refractivity contribution in [3.05, 3.63) is 42.0 Å². The summed E-state index contributed by atoms with van der Waals surface area (Å²) in [5.41, 5.74) is 4.54. The van der Waals surface area contributed by atoms with Gasteiger partial charge in [-0.15, -0.1) is 0 Å². The third kappa shape index (κ3) is 2.23. The van der Waals surface area contributed by atoms with Crippen molar-refractivity contribution in [2.24, 2.45) is 0 Å². The topological polar surface area (TPSA) is 17.1 Å². The van der Waals surface area contributed by atoms with E-state index in [0.717, 1.165) is 11.1 Å². The van der Waals surface area contributed by atoms with E-state index in [0.29, 0.717) is 0 Å². The van der Waals surface area contributed by atoms with Gasteiger partial charge in [0.2, 0.25) is 0 Å². The zero-order valence-electron chi connectivity index (χ0n) is 5.95. The molecule has 54 valence electrons. The molecule has 0 saturated carbocycles. The predicted molar refractivity (Wildman–Crippen MR) is 47.1 cm³/mol. The van der Waals surface area contributed by atoms with Crippen molar-refractivity contribution < 1.29 is 4.57 Å². The van der Waals surface area contributed by atoms with E-state index in [1.807, 2.05) is 24.3 Å². The van der Waals surface area contributed by atoms with E-state index in [1.165, 1.54) is 0 Å². The molecule has 0 unspecified atom stereocenters. The quantitative estimate of drug-likeness (QED) is 0.580. The Morgan fingerprint density at radius 1 is 1.36 bits per heavy atom. The monoisotopic (exact) mass is 162 g/mol. The second-order valence-corrected chi connectivity index (χ2v) is 2.44. The van der Waals surface area contributed by atoms with Gasteiger partial charge in [0, 0.05) is 0 Å². The first-order chi connectivity index (χ1) is 5.36. The van der Waals surface area contributed by atoms with Gasteiger partial charge >= 0.3 is 66.2 Å². The first-order valence-electron chi connectivity index (χ1n) is 3.17. The standard InChI is InChI=1S/C9H7OP/c1-2-8-3-5-9(6-4-8)7-11-10/h2-6H,1H2. The Morgan fingerprint density at radius 3 is 2.45 bits per heavy atom. The van der Waals surface area contributed by atoms with Gasteiger partial charge in [0.05, 0.1) is 0 Å². The number of rotatable bonds is 1. The van der Waals surface area contributed by atoms with E-state index in [2.05, 4.69) is 12.2 Å². The average molecular weight is 162 g/mol. The third-order valence-corrected chi connectivity index (χ3v) is 1.67. The molecule has 0 N–H and O–H groups in total. The maximum absolute atomic E-state index is 10.1. The van der Waals surface area contributed by atoms with E-state index in [1.54, 1.807) is 6.08 Å². The molecule has 0 radical (unpaired) electrons. The second-order valence-electron chi connectivity index (χ2n) is 2.03. The van der Waals surface area contributed by atoms with Crippen molar-refractivity contribution in [1.82, 2.24) is 0 Å². The molecule has 11 heavy (non-hydrogen) atoms. The van der Waals surface area contributed by atoms with E-state index in [-0.39, 0.29) is 7.92 Å². The van der Waals surface area contributed by atoms with Crippen LogP contribution in [0.15, 0.2) is 30.8 Å². The van der Waals surface area contributed by atoms with Crippen LogP contribution in [0, 0.1) is 5.63 Å². The molecule has 0 spiro atoms. The van der Waals surface area contributed by atoms with Crippen molar-refractivity contribution >= 4 is 14.0 Å². The summed E-state index contributed by atoms with van der Waals surface area (Å²) in [6.45, 7) is 3.62. The molecule has 1 aromatic rings. The molecule has 0 atom stereocenters. The van der Waals surface area contributed by atoms with Crippen LogP contribution in [0.4, 0.5) is 0 Å². The van der Waals surface area contributed by atoms with Crippen molar-refractivity contribution in [1.29, 1.82) is 0 Å². The third-order valence-electron chi connectivity index (χ3n) is 1.32. The maximum atomic E-state index is 10.1. The van der Waals surface area contributed by atoms with Gasteiger partial charge < -0.3 is 0 Å². The van der Waals surface area contributed by atoms with Gasteiger partial charge in [-0.1, -0.05) is 0 Å². The Hall–Kier alpha value is -1.03. The Morgan fingerprint density at radius 2 is 2.00 bits per heavy atom. The van der Waals surface area contributed by atoms with Crippen molar-refractivity contribution in [2.75, 3.05) is 0 Å². The zero-order chi connectivity index (χ0) is 8.10. The number of benzene rings is 1. The molecule has 0 aromatic heterocycles. The van der Waals surface area contributed by atoms with Crippen LogP contribution in [0.5, 0.6) is 0 Å².